The maximum atomic E-state index is 10.8. The summed E-state index contributed by atoms with van der Waals surface area (Å²) < 4.78 is 8.88. The zero-order valence-corrected chi connectivity index (χ0v) is 18.1. The number of phenols is 1. The minimum absolute atomic E-state index is 0.238. The van der Waals surface area contributed by atoms with Gasteiger partial charge in [-0.2, -0.15) is 0 Å². The highest BCUT2D eigenvalue weighted by Gasteiger charge is 2.19. The largest absolute Gasteiger partial charge is 0.507 e. The van der Waals surface area contributed by atoms with Crippen molar-refractivity contribution in [2.45, 2.75) is 0 Å². The number of benzene rings is 4. The summed E-state index contributed by atoms with van der Waals surface area (Å²) in [5, 5.41) is 10.8. The van der Waals surface area contributed by atoms with Crippen molar-refractivity contribution in [1.29, 1.82) is 0 Å². The third-order valence-electron chi connectivity index (χ3n) is 4.76. The van der Waals surface area contributed by atoms with Gasteiger partial charge in [0.05, 0.1) is 0 Å². The second-order valence-electron chi connectivity index (χ2n) is 6.92. The van der Waals surface area contributed by atoms with Crippen molar-refractivity contribution in [2.24, 2.45) is 0 Å². The fourth-order valence-electron chi connectivity index (χ4n) is 3.55. The molecule has 0 unspecified atom stereocenters. The first-order valence-corrected chi connectivity index (χ1v) is 11.3. The second kappa shape index (κ2) is 10.2. The molecule has 6 heteroatoms. The highest BCUT2D eigenvalue weighted by molar-refractivity contribution is 7.45. The van der Waals surface area contributed by atoms with Crippen LogP contribution in [0.4, 0.5) is 0 Å². The van der Waals surface area contributed by atoms with Gasteiger partial charge in [0, 0.05) is 11.1 Å². The molecule has 0 radical (unpaired) electrons. The van der Waals surface area contributed by atoms with Crippen LogP contribution >= 0.6 is 7.82 Å². The summed E-state index contributed by atoms with van der Waals surface area (Å²) in [5.41, 5.74) is 7.08. The van der Waals surface area contributed by atoms with Crippen molar-refractivity contribution >= 4 is 13.9 Å². The van der Waals surface area contributed by atoms with E-state index in [-0.39, 0.29) is 5.75 Å². The first-order chi connectivity index (χ1) is 15.3. The van der Waals surface area contributed by atoms with E-state index in [1.54, 1.807) is 6.08 Å². The van der Waals surface area contributed by atoms with Crippen molar-refractivity contribution < 1.29 is 24.4 Å². The molecular formula is C26H23O5P. The molecule has 0 bridgehead atoms. The molecule has 0 saturated carbocycles. The van der Waals surface area contributed by atoms with Gasteiger partial charge in [0.2, 0.25) is 0 Å². The van der Waals surface area contributed by atoms with Gasteiger partial charge in [0.25, 0.3) is 0 Å². The molecule has 4 aromatic carbocycles. The number of phosphoric acid groups is 1. The molecule has 0 heterocycles. The van der Waals surface area contributed by atoms with E-state index in [0.29, 0.717) is 0 Å². The van der Waals surface area contributed by atoms with E-state index in [2.05, 4.69) is 43.0 Å². The third-order valence-corrected chi connectivity index (χ3v) is 4.76. The second-order valence-corrected chi connectivity index (χ2v) is 7.95. The Bertz CT molecular complexity index is 1230. The molecule has 0 aromatic heterocycles. The van der Waals surface area contributed by atoms with Gasteiger partial charge in [-0.15, -0.1) is 0 Å². The maximum absolute atomic E-state index is 10.8. The molecule has 4 N–H and O–H groups in total. The summed E-state index contributed by atoms with van der Waals surface area (Å²) in [5.74, 6) is 0.238. The lowest BCUT2D eigenvalue weighted by Crippen LogP contribution is -1.94. The van der Waals surface area contributed by atoms with Crippen LogP contribution in [0.5, 0.6) is 5.75 Å². The third kappa shape index (κ3) is 5.82. The monoisotopic (exact) mass is 446 g/mol. The van der Waals surface area contributed by atoms with Gasteiger partial charge < -0.3 is 19.8 Å². The summed E-state index contributed by atoms with van der Waals surface area (Å²) in [7, 11) is -4.64. The van der Waals surface area contributed by atoms with E-state index in [1.165, 1.54) is 0 Å². The van der Waals surface area contributed by atoms with Crippen molar-refractivity contribution in [3.63, 3.8) is 0 Å². The minimum Gasteiger partial charge on any atom is -0.507 e. The van der Waals surface area contributed by atoms with Crippen LogP contribution in [-0.2, 0) is 4.57 Å². The molecule has 0 amide bonds. The molecule has 5 nitrogen and oxygen atoms in total. The molecule has 0 spiro atoms. The van der Waals surface area contributed by atoms with Gasteiger partial charge in [-0.3, -0.25) is 0 Å². The van der Waals surface area contributed by atoms with Crippen LogP contribution in [0.15, 0.2) is 104 Å². The van der Waals surface area contributed by atoms with Crippen molar-refractivity contribution in [1.82, 2.24) is 0 Å². The molecule has 32 heavy (non-hydrogen) atoms. The topological polar surface area (TPSA) is 98.0 Å². The zero-order chi connectivity index (χ0) is 23.1. The van der Waals surface area contributed by atoms with Gasteiger partial charge in [-0.1, -0.05) is 104 Å². The molecule has 4 aromatic rings. The smallest absolute Gasteiger partial charge is 0.466 e. The molecule has 0 atom stereocenters. The fraction of sp³-hybridized carbons (Fsp3) is 0. The summed E-state index contributed by atoms with van der Waals surface area (Å²) in [6.07, 6.45) is 1.74. The van der Waals surface area contributed by atoms with Gasteiger partial charge in [-0.05, 0) is 33.9 Å². The lowest BCUT2D eigenvalue weighted by Gasteiger charge is -2.20. The molecule has 162 valence electrons. The Morgan fingerprint density at radius 2 is 1.03 bits per heavy atom. The van der Waals surface area contributed by atoms with Gasteiger partial charge >= 0.3 is 7.82 Å². The first kappa shape index (κ1) is 23.2. The molecule has 0 aliphatic heterocycles. The van der Waals surface area contributed by atoms with Crippen molar-refractivity contribution in [3.8, 4) is 39.1 Å². The first-order valence-electron chi connectivity index (χ1n) is 9.76. The predicted octanol–water partition coefficient (Wildman–Crippen LogP) is 6.11. The van der Waals surface area contributed by atoms with Crippen LogP contribution in [0.3, 0.4) is 0 Å². The Morgan fingerprint density at radius 3 is 1.44 bits per heavy atom. The van der Waals surface area contributed by atoms with Gasteiger partial charge in [0.15, 0.2) is 0 Å². The van der Waals surface area contributed by atoms with Crippen molar-refractivity contribution in [2.75, 3.05) is 0 Å². The van der Waals surface area contributed by atoms with E-state index in [0.717, 1.165) is 38.9 Å². The fourth-order valence-corrected chi connectivity index (χ4v) is 3.55. The summed E-state index contributed by atoms with van der Waals surface area (Å²) in [6, 6.07) is 32.5. The van der Waals surface area contributed by atoms with Crippen LogP contribution in [0.1, 0.15) is 5.56 Å². The van der Waals surface area contributed by atoms with E-state index in [4.69, 9.17) is 19.2 Å². The quantitative estimate of drug-likeness (QED) is 0.284. The molecule has 0 fully saturated rings. The summed E-state index contributed by atoms with van der Waals surface area (Å²) in [4.78, 5) is 21.6. The van der Waals surface area contributed by atoms with Crippen LogP contribution < -0.4 is 0 Å². The summed E-state index contributed by atoms with van der Waals surface area (Å²) >= 11 is 0. The predicted molar refractivity (Wildman–Crippen MR) is 129 cm³/mol. The van der Waals surface area contributed by atoms with Crippen LogP contribution in [-0.4, -0.2) is 19.8 Å². The number of phenolic OH excluding ortho intramolecular Hbond substituents is 1. The maximum Gasteiger partial charge on any atom is 0.466 e. The normalized spacial score (nSPS) is 10.7. The van der Waals surface area contributed by atoms with E-state index < -0.39 is 7.82 Å². The van der Waals surface area contributed by atoms with Gasteiger partial charge in [0.1, 0.15) is 5.75 Å². The lowest BCUT2D eigenvalue weighted by molar-refractivity contribution is 0.275. The average molecular weight is 446 g/mol. The Hall–Kier alpha value is -3.47. The van der Waals surface area contributed by atoms with Gasteiger partial charge in [-0.25, -0.2) is 4.57 Å². The van der Waals surface area contributed by atoms with Crippen molar-refractivity contribution in [3.05, 3.63) is 109 Å². The SMILES string of the molecule is C=Cc1c(O)cc(-c2ccccc2)c(-c2ccccc2)c1-c1ccccc1.O=P(O)(O)O. The zero-order valence-electron chi connectivity index (χ0n) is 17.2. The Balaban J connectivity index is 0.000000523. The Labute approximate surface area is 186 Å². The number of aromatic hydroxyl groups is 1. The Morgan fingerprint density at radius 1 is 0.656 bits per heavy atom. The number of hydrogen-bond acceptors (Lipinski definition) is 2. The van der Waals surface area contributed by atoms with E-state index in [9.17, 15) is 5.11 Å². The molecule has 4 rings (SSSR count). The molecule has 0 aliphatic rings. The number of hydrogen-bond donors (Lipinski definition) is 4. The average Bonchev–Trinajstić information content (AvgIpc) is 2.79. The van der Waals surface area contributed by atoms with Crippen LogP contribution in [0, 0.1) is 0 Å². The molecule has 0 aliphatic carbocycles. The molecule has 0 saturated heterocycles. The summed E-state index contributed by atoms with van der Waals surface area (Å²) in [6.45, 7) is 3.96. The standard InChI is InChI=1S/C26H20O.H3O4P/c1-2-22-24(27)18-23(19-12-6-3-7-13-19)26(21-16-10-5-11-17-21)25(22)20-14-8-4-9-15-20;1-5(2,3)4/h2-18,27H,1H2;(H3,1,2,3,4). The molecular weight excluding hydrogens is 423 g/mol. The Kier molecular flexibility index (Phi) is 7.41. The van der Waals surface area contributed by atoms with Crippen LogP contribution in [0.2, 0.25) is 0 Å². The lowest BCUT2D eigenvalue weighted by atomic mass is 9.84. The minimum atomic E-state index is -4.64. The van der Waals surface area contributed by atoms with E-state index >= 15 is 0 Å². The number of rotatable bonds is 4. The van der Waals surface area contributed by atoms with E-state index in [1.807, 2.05) is 60.7 Å². The highest BCUT2D eigenvalue weighted by atomic mass is 31.2. The highest BCUT2D eigenvalue weighted by Crippen LogP contribution is 2.46. The van der Waals surface area contributed by atoms with Crippen LogP contribution in [0.25, 0.3) is 39.5 Å².